The number of carbonyl (C=O) groups is 1. The highest BCUT2D eigenvalue weighted by atomic mass is 16.5. The molecule has 4 rings (SSSR count). The first-order valence-electron chi connectivity index (χ1n) is 12.0. The maximum absolute atomic E-state index is 12.4. The van der Waals surface area contributed by atoms with E-state index in [9.17, 15) is 10.0 Å². The second-order valence-corrected chi connectivity index (χ2v) is 9.55. The molecule has 2 aliphatic heterocycles. The Bertz CT molecular complexity index is 886. The molecule has 0 saturated carbocycles. The van der Waals surface area contributed by atoms with Gasteiger partial charge in [0.05, 0.1) is 13.1 Å². The van der Waals surface area contributed by atoms with Crippen LogP contribution >= 0.6 is 0 Å². The van der Waals surface area contributed by atoms with Crippen molar-refractivity contribution < 1.29 is 10.0 Å². The minimum Gasteiger partial charge on any atom is -0.356 e. The lowest BCUT2D eigenvalue weighted by Crippen LogP contribution is -2.48. The molecule has 0 aromatic heterocycles. The van der Waals surface area contributed by atoms with Crippen molar-refractivity contribution in [3.05, 3.63) is 59.7 Å². The largest absolute Gasteiger partial charge is 0.356 e. The van der Waals surface area contributed by atoms with Crippen LogP contribution in [0.15, 0.2) is 48.5 Å². The number of piperidine rings is 1. The van der Waals surface area contributed by atoms with Crippen molar-refractivity contribution >= 4 is 17.3 Å². The van der Waals surface area contributed by atoms with Crippen molar-refractivity contribution in [1.29, 1.82) is 0 Å². The van der Waals surface area contributed by atoms with Gasteiger partial charge in [0.15, 0.2) is 0 Å². The van der Waals surface area contributed by atoms with Gasteiger partial charge in [-0.05, 0) is 81.3 Å². The number of carbonyl (C=O) groups excluding carboxylic acids is 1. The van der Waals surface area contributed by atoms with Crippen LogP contribution in [0.5, 0.6) is 0 Å². The van der Waals surface area contributed by atoms with Crippen LogP contribution in [0.2, 0.25) is 0 Å². The Balaban J connectivity index is 1.25. The average molecular weight is 452 g/mol. The molecule has 2 heterocycles. The highest BCUT2D eigenvalue weighted by Gasteiger charge is 2.20. The molecule has 178 valence electrons. The monoisotopic (exact) mass is 451 g/mol. The fraction of sp³-hybridized carbons (Fsp3) is 0.500. The van der Waals surface area contributed by atoms with Gasteiger partial charge in [-0.3, -0.25) is 14.9 Å². The van der Waals surface area contributed by atoms with Gasteiger partial charge in [-0.1, -0.05) is 24.3 Å². The Morgan fingerprint density at radius 2 is 1.42 bits per heavy atom. The van der Waals surface area contributed by atoms with Crippen LogP contribution in [0.4, 0.5) is 11.4 Å². The number of rotatable bonds is 7. The second-order valence-electron chi connectivity index (χ2n) is 9.55. The summed E-state index contributed by atoms with van der Waals surface area (Å²) in [7, 11) is 4.28. The van der Waals surface area contributed by atoms with E-state index in [1.807, 2.05) is 24.3 Å². The molecule has 2 aromatic carbocycles. The molecule has 2 N–H and O–H groups in total. The fourth-order valence-electron chi connectivity index (χ4n) is 4.58. The third kappa shape index (κ3) is 6.77. The molecule has 0 atom stereocenters. The van der Waals surface area contributed by atoms with Gasteiger partial charge in [-0.15, -0.1) is 0 Å². The Kier molecular flexibility index (Phi) is 7.98. The van der Waals surface area contributed by atoms with Crippen molar-refractivity contribution in [2.24, 2.45) is 0 Å². The summed E-state index contributed by atoms with van der Waals surface area (Å²) in [5.41, 5.74) is 4.37. The fourth-order valence-corrected chi connectivity index (χ4v) is 4.58. The van der Waals surface area contributed by atoms with Crippen molar-refractivity contribution in [2.75, 3.05) is 65.2 Å². The minimum absolute atomic E-state index is 0.193. The molecule has 33 heavy (non-hydrogen) atoms. The van der Waals surface area contributed by atoms with Crippen LogP contribution in [0.25, 0.3) is 0 Å². The number of nitrogens with zero attached hydrogens (tertiary/aromatic N) is 4. The maximum Gasteiger partial charge on any atom is 0.260 e. The first kappa shape index (κ1) is 23.7. The maximum atomic E-state index is 12.4. The number of benzene rings is 2. The van der Waals surface area contributed by atoms with Gasteiger partial charge in [0.2, 0.25) is 0 Å². The third-order valence-corrected chi connectivity index (χ3v) is 6.92. The molecule has 0 radical (unpaired) electrons. The molecule has 7 heteroatoms. The average Bonchev–Trinajstić information content (AvgIpc) is 2.83. The molecule has 0 bridgehead atoms. The Hall–Kier alpha value is -2.45. The number of piperazine rings is 1. The van der Waals surface area contributed by atoms with Crippen LogP contribution in [0, 0.1) is 0 Å². The van der Waals surface area contributed by atoms with Gasteiger partial charge in [0.25, 0.3) is 5.91 Å². The van der Waals surface area contributed by atoms with E-state index >= 15 is 0 Å². The Morgan fingerprint density at radius 1 is 0.879 bits per heavy atom. The summed E-state index contributed by atoms with van der Waals surface area (Å²) in [5, 5.41) is 14.5. The molecule has 2 fully saturated rings. The van der Waals surface area contributed by atoms with Crippen LogP contribution in [0.1, 0.15) is 29.9 Å². The summed E-state index contributed by atoms with van der Waals surface area (Å²) in [6.07, 6.45) is 2.45. The molecule has 7 nitrogen and oxygen atoms in total. The van der Waals surface area contributed by atoms with Gasteiger partial charge in [0.1, 0.15) is 0 Å². The van der Waals surface area contributed by atoms with E-state index < -0.39 is 0 Å². The molecular formula is C26H37N5O2. The lowest BCUT2D eigenvalue weighted by Gasteiger charge is -2.32. The molecule has 0 spiro atoms. The topological polar surface area (TPSA) is 62.3 Å². The summed E-state index contributed by atoms with van der Waals surface area (Å²) in [4.78, 5) is 19.1. The highest BCUT2D eigenvalue weighted by Crippen LogP contribution is 2.29. The molecule has 2 saturated heterocycles. The number of likely N-dealkylation sites (N-methyl/N-ethyl adjacent to an activating group) is 1. The van der Waals surface area contributed by atoms with E-state index in [-0.39, 0.29) is 19.0 Å². The number of hydrogen-bond donors (Lipinski definition) is 2. The normalized spacial score (nSPS) is 18.9. The summed E-state index contributed by atoms with van der Waals surface area (Å²) in [6.45, 7) is 6.41. The van der Waals surface area contributed by atoms with Crippen molar-refractivity contribution in [1.82, 2.24) is 19.8 Å². The molecule has 0 unspecified atom stereocenters. The zero-order chi connectivity index (χ0) is 23.2. The summed E-state index contributed by atoms with van der Waals surface area (Å²) in [6, 6.07) is 16.6. The quantitative estimate of drug-likeness (QED) is 0.498. The molecule has 0 aliphatic carbocycles. The lowest BCUT2D eigenvalue weighted by molar-refractivity contribution is -0.169. The van der Waals surface area contributed by atoms with Crippen molar-refractivity contribution in [2.45, 2.75) is 25.3 Å². The van der Waals surface area contributed by atoms with E-state index in [4.69, 9.17) is 0 Å². The minimum atomic E-state index is -0.258. The van der Waals surface area contributed by atoms with E-state index in [0.29, 0.717) is 5.92 Å². The van der Waals surface area contributed by atoms with Crippen LogP contribution < -0.4 is 5.32 Å². The standard InChI is InChI=1S/C26H37N5O2/c1-28-13-11-23(12-14-28)22-5-9-25(10-6-22)27-24-7-3-21(4-8-24)19-31(33)26(32)20-30-17-15-29(2)16-18-30/h3-10,23,27,33H,11-20H2,1-2H3. The molecule has 2 aliphatic rings. The summed E-state index contributed by atoms with van der Waals surface area (Å²) >= 11 is 0. The number of hydrogen-bond acceptors (Lipinski definition) is 6. The SMILES string of the molecule is CN1CCC(c2ccc(Nc3ccc(CN(O)C(=O)CN4CCN(C)CC4)cc3)cc2)CC1. The number of nitrogens with one attached hydrogen (secondary N) is 1. The van der Waals surface area contributed by atoms with E-state index in [2.05, 4.69) is 58.4 Å². The molecule has 1 amide bonds. The van der Waals surface area contributed by atoms with Gasteiger partial charge < -0.3 is 15.1 Å². The van der Waals surface area contributed by atoms with E-state index in [1.54, 1.807) is 0 Å². The third-order valence-electron chi connectivity index (χ3n) is 6.92. The number of anilines is 2. The predicted molar refractivity (Wildman–Crippen MR) is 132 cm³/mol. The van der Waals surface area contributed by atoms with Crippen LogP contribution in [0.3, 0.4) is 0 Å². The highest BCUT2D eigenvalue weighted by molar-refractivity contribution is 5.77. The number of amides is 1. The predicted octanol–water partition coefficient (Wildman–Crippen LogP) is 3.20. The van der Waals surface area contributed by atoms with Gasteiger partial charge >= 0.3 is 0 Å². The summed E-state index contributed by atoms with van der Waals surface area (Å²) < 4.78 is 0. The molecular weight excluding hydrogens is 414 g/mol. The zero-order valence-electron chi connectivity index (χ0n) is 19.9. The molecule has 2 aromatic rings. The number of hydroxylamine groups is 2. The van der Waals surface area contributed by atoms with Gasteiger partial charge in [0, 0.05) is 37.6 Å². The Morgan fingerprint density at radius 3 is 2.03 bits per heavy atom. The Labute approximate surface area is 197 Å². The zero-order valence-corrected chi connectivity index (χ0v) is 19.9. The van der Waals surface area contributed by atoms with Crippen LogP contribution in [-0.2, 0) is 11.3 Å². The van der Waals surface area contributed by atoms with E-state index in [0.717, 1.165) is 48.2 Å². The van der Waals surface area contributed by atoms with Gasteiger partial charge in [-0.25, -0.2) is 5.06 Å². The van der Waals surface area contributed by atoms with Crippen molar-refractivity contribution in [3.63, 3.8) is 0 Å². The van der Waals surface area contributed by atoms with Crippen LogP contribution in [-0.4, -0.2) is 90.8 Å². The first-order valence-corrected chi connectivity index (χ1v) is 12.0. The second kappa shape index (κ2) is 11.1. The van der Waals surface area contributed by atoms with E-state index in [1.165, 1.54) is 31.5 Å². The smallest absolute Gasteiger partial charge is 0.260 e. The summed E-state index contributed by atoms with van der Waals surface area (Å²) in [5.74, 6) is 0.404. The van der Waals surface area contributed by atoms with Crippen molar-refractivity contribution in [3.8, 4) is 0 Å². The number of likely N-dealkylation sites (tertiary alicyclic amines) is 1. The van der Waals surface area contributed by atoms with Gasteiger partial charge in [-0.2, -0.15) is 0 Å². The lowest BCUT2D eigenvalue weighted by atomic mass is 9.89. The first-order chi connectivity index (χ1) is 16.0.